The summed E-state index contributed by atoms with van der Waals surface area (Å²) in [5.41, 5.74) is 1.62. The van der Waals surface area contributed by atoms with E-state index in [0.29, 0.717) is 23.6 Å². The molecule has 160 valence electrons. The molecule has 0 saturated carbocycles. The molecular formula is C23H28N2O5. The van der Waals surface area contributed by atoms with Crippen LogP contribution in [0.2, 0.25) is 0 Å². The SMILES string of the molecule is COc1cc(OC)cc(C(=O)NCC(c2ccc3c(c2)OCO3)N2CCCCC2)c1. The molecule has 0 aromatic heterocycles. The fraction of sp³-hybridized carbons (Fsp3) is 0.435. The van der Waals surface area contributed by atoms with E-state index in [1.165, 1.54) is 19.3 Å². The highest BCUT2D eigenvalue weighted by Gasteiger charge is 2.25. The Morgan fingerprint density at radius 2 is 1.70 bits per heavy atom. The number of nitrogens with zero attached hydrogens (tertiary/aromatic N) is 1. The molecule has 7 heteroatoms. The van der Waals surface area contributed by atoms with Gasteiger partial charge in [-0.1, -0.05) is 12.5 Å². The standard InChI is InChI=1S/C23H28N2O5/c1-27-18-10-17(11-19(13-18)28-2)23(26)24-14-20(25-8-4-3-5-9-25)16-6-7-21-22(12-16)30-15-29-21/h6-7,10-13,20H,3-5,8-9,14-15H2,1-2H3,(H,24,26). The summed E-state index contributed by atoms with van der Waals surface area (Å²) in [5.74, 6) is 2.54. The van der Waals surface area contributed by atoms with Crippen LogP contribution < -0.4 is 24.3 Å². The normalized spacial score (nSPS) is 16.7. The van der Waals surface area contributed by atoms with Gasteiger partial charge in [0.2, 0.25) is 6.79 Å². The molecule has 0 radical (unpaired) electrons. The summed E-state index contributed by atoms with van der Waals surface area (Å²) >= 11 is 0. The highest BCUT2D eigenvalue weighted by Crippen LogP contribution is 2.36. The van der Waals surface area contributed by atoms with Gasteiger partial charge in [0.05, 0.1) is 20.3 Å². The molecule has 30 heavy (non-hydrogen) atoms. The molecule has 1 fully saturated rings. The largest absolute Gasteiger partial charge is 0.497 e. The van der Waals surface area contributed by atoms with Crippen molar-refractivity contribution < 1.29 is 23.7 Å². The molecule has 1 unspecified atom stereocenters. The zero-order valence-corrected chi connectivity index (χ0v) is 17.5. The van der Waals surface area contributed by atoms with Crippen LogP contribution in [0.3, 0.4) is 0 Å². The summed E-state index contributed by atoms with van der Waals surface area (Å²) < 4.78 is 21.6. The van der Waals surface area contributed by atoms with Gasteiger partial charge in [-0.15, -0.1) is 0 Å². The van der Waals surface area contributed by atoms with Crippen LogP contribution in [-0.2, 0) is 0 Å². The van der Waals surface area contributed by atoms with Crippen molar-refractivity contribution in [2.75, 3.05) is 40.6 Å². The lowest BCUT2D eigenvalue weighted by atomic mass is 10.0. The fourth-order valence-electron chi connectivity index (χ4n) is 4.04. The van der Waals surface area contributed by atoms with Crippen LogP contribution in [0.4, 0.5) is 0 Å². The van der Waals surface area contributed by atoms with Crippen molar-refractivity contribution in [1.82, 2.24) is 10.2 Å². The molecule has 0 bridgehead atoms. The average Bonchev–Trinajstić information content (AvgIpc) is 3.27. The number of methoxy groups -OCH3 is 2. The summed E-state index contributed by atoms with van der Waals surface area (Å²) in [4.78, 5) is 15.3. The van der Waals surface area contributed by atoms with E-state index in [0.717, 1.165) is 30.2 Å². The van der Waals surface area contributed by atoms with Gasteiger partial charge in [-0.05, 0) is 55.8 Å². The number of fused-ring (bicyclic) bond motifs is 1. The Labute approximate surface area is 176 Å². The second-order valence-corrected chi connectivity index (χ2v) is 7.54. The Hall–Kier alpha value is -2.93. The molecule has 1 atom stereocenters. The Morgan fingerprint density at radius 1 is 1.00 bits per heavy atom. The van der Waals surface area contributed by atoms with Crippen LogP contribution in [-0.4, -0.2) is 51.5 Å². The highest BCUT2D eigenvalue weighted by molar-refractivity contribution is 5.95. The van der Waals surface area contributed by atoms with E-state index < -0.39 is 0 Å². The maximum atomic E-state index is 12.9. The molecule has 2 aliphatic heterocycles. The van der Waals surface area contributed by atoms with Crippen LogP contribution in [0.1, 0.15) is 41.2 Å². The lowest BCUT2D eigenvalue weighted by Gasteiger charge is -2.35. The predicted octanol–water partition coefficient (Wildman–Crippen LogP) is 3.39. The smallest absolute Gasteiger partial charge is 0.251 e. The number of hydrogen-bond donors (Lipinski definition) is 1. The summed E-state index contributed by atoms with van der Waals surface area (Å²) in [5, 5.41) is 3.10. The first-order valence-corrected chi connectivity index (χ1v) is 10.3. The third-order valence-electron chi connectivity index (χ3n) is 5.68. The highest BCUT2D eigenvalue weighted by atomic mass is 16.7. The van der Waals surface area contributed by atoms with Crippen LogP contribution in [0.15, 0.2) is 36.4 Å². The number of nitrogens with one attached hydrogen (secondary N) is 1. The van der Waals surface area contributed by atoms with E-state index in [-0.39, 0.29) is 18.7 Å². The van der Waals surface area contributed by atoms with Crippen LogP contribution in [0.25, 0.3) is 0 Å². The number of amides is 1. The number of ether oxygens (including phenoxy) is 4. The minimum atomic E-state index is -0.157. The van der Waals surface area contributed by atoms with Crippen molar-refractivity contribution in [2.24, 2.45) is 0 Å². The van der Waals surface area contributed by atoms with Gasteiger partial charge in [-0.3, -0.25) is 9.69 Å². The second-order valence-electron chi connectivity index (χ2n) is 7.54. The molecule has 2 aromatic carbocycles. The fourth-order valence-corrected chi connectivity index (χ4v) is 4.04. The monoisotopic (exact) mass is 412 g/mol. The lowest BCUT2D eigenvalue weighted by molar-refractivity contribution is 0.0923. The number of rotatable bonds is 7. The van der Waals surface area contributed by atoms with Crippen LogP contribution in [0.5, 0.6) is 23.0 Å². The van der Waals surface area contributed by atoms with E-state index >= 15 is 0 Å². The van der Waals surface area contributed by atoms with Gasteiger partial charge in [0.25, 0.3) is 5.91 Å². The molecule has 2 aliphatic rings. The number of hydrogen-bond acceptors (Lipinski definition) is 6. The number of benzene rings is 2. The van der Waals surface area contributed by atoms with E-state index in [4.69, 9.17) is 18.9 Å². The van der Waals surface area contributed by atoms with Gasteiger partial charge in [0, 0.05) is 18.2 Å². The van der Waals surface area contributed by atoms with Gasteiger partial charge in [0.1, 0.15) is 11.5 Å². The third-order valence-corrected chi connectivity index (χ3v) is 5.68. The van der Waals surface area contributed by atoms with E-state index in [9.17, 15) is 4.79 Å². The Morgan fingerprint density at radius 3 is 2.40 bits per heavy atom. The minimum absolute atomic E-state index is 0.0660. The van der Waals surface area contributed by atoms with Crippen molar-refractivity contribution in [3.8, 4) is 23.0 Å². The molecule has 0 spiro atoms. The molecule has 1 amide bonds. The van der Waals surface area contributed by atoms with Gasteiger partial charge in [-0.2, -0.15) is 0 Å². The molecule has 7 nitrogen and oxygen atoms in total. The Balaban J connectivity index is 1.53. The number of carbonyl (C=O) groups is 1. The summed E-state index contributed by atoms with van der Waals surface area (Å²) in [6.07, 6.45) is 3.59. The predicted molar refractivity (Wildman–Crippen MR) is 113 cm³/mol. The molecule has 2 heterocycles. The lowest BCUT2D eigenvalue weighted by Crippen LogP contribution is -2.40. The van der Waals surface area contributed by atoms with Gasteiger partial charge < -0.3 is 24.3 Å². The molecule has 1 saturated heterocycles. The van der Waals surface area contributed by atoms with E-state index in [1.54, 1.807) is 32.4 Å². The quantitative estimate of drug-likeness (QED) is 0.752. The topological polar surface area (TPSA) is 69.3 Å². The zero-order chi connectivity index (χ0) is 20.9. The van der Waals surface area contributed by atoms with Gasteiger partial charge in [-0.25, -0.2) is 0 Å². The average molecular weight is 412 g/mol. The van der Waals surface area contributed by atoms with Crippen molar-refractivity contribution in [2.45, 2.75) is 25.3 Å². The molecule has 0 aliphatic carbocycles. The summed E-state index contributed by atoms with van der Waals surface area (Å²) in [6, 6.07) is 11.3. The molecule has 2 aromatic rings. The second kappa shape index (κ2) is 9.26. The first-order chi connectivity index (χ1) is 14.7. The maximum absolute atomic E-state index is 12.9. The Kier molecular flexibility index (Phi) is 6.28. The first-order valence-electron chi connectivity index (χ1n) is 10.3. The van der Waals surface area contributed by atoms with Crippen molar-refractivity contribution in [1.29, 1.82) is 0 Å². The Bertz CT molecular complexity index is 873. The summed E-state index contributed by atoms with van der Waals surface area (Å²) in [7, 11) is 3.14. The van der Waals surface area contributed by atoms with E-state index in [2.05, 4.69) is 16.3 Å². The summed E-state index contributed by atoms with van der Waals surface area (Å²) in [6.45, 7) is 2.78. The number of piperidine rings is 1. The van der Waals surface area contributed by atoms with Gasteiger partial charge >= 0.3 is 0 Å². The molecule has 4 rings (SSSR count). The van der Waals surface area contributed by atoms with Gasteiger partial charge in [0.15, 0.2) is 11.5 Å². The van der Waals surface area contributed by atoms with E-state index in [1.807, 2.05) is 12.1 Å². The number of likely N-dealkylation sites (tertiary alicyclic amines) is 1. The molecule has 1 N–H and O–H groups in total. The molecular weight excluding hydrogens is 384 g/mol. The zero-order valence-electron chi connectivity index (χ0n) is 17.5. The van der Waals surface area contributed by atoms with Crippen molar-refractivity contribution in [3.05, 3.63) is 47.5 Å². The first kappa shape index (κ1) is 20.3. The minimum Gasteiger partial charge on any atom is -0.497 e. The van der Waals surface area contributed by atoms with Crippen LogP contribution >= 0.6 is 0 Å². The maximum Gasteiger partial charge on any atom is 0.251 e. The third kappa shape index (κ3) is 4.46. The number of carbonyl (C=O) groups excluding carboxylic acids is 1. The van der Waals surface area contributed by atoms with Crippen LogP contribution in [0, 0.1) is 0 Å². The van der Waals surface area contributed by atoms with Crippen molar-refractivity contribution >= 4 is 5.91 Å². The van der Waals surface area contributed by atoms with Crippen molar-refractivity contribution in [3.63, 3.8) is 0 Å².